The van der Waals surface area contributed by atoms with Gasteiger partial charge in [-0.2, -0.15) is 0 Å². The summed E-state index contributed by atoms with van der Waals surface area (Å²) in [5, 5.41) is 3.19. The molecule has 72 valence electrons. The maximum atomic E-state index is 3.19. The van der Waals surface area contributed by atoms with Gasteiger partial charge in [0.25, 0.3) is 0 Å². The summed E-state index contributed by atoms with van der Waals surface area (Å²) < 4.78 is 0.913. The van der Waals surface area contributed by atoms with Gasteiger partial charge in [0.2, 0.25) is 0 Å². The molecule has 0 aliphatic rings. The zero-order valence-electron chi connectivity index (χ0n) is 8.21. The summed E-state index contributed by atoms with van der Waals surface area (Å²) in [6.07, 6.45) is 1.11. The van der Waals surface area contributed by atoms with Crippen molar-refractivity contribution in [3.05, 3.63) is 35.9 Å². The Hall–Kier alpha value is -0.858. The van der Waals surface area contributed by atoms with E-state index in [1.165, 1.54) is 0 Å². The molecule has 0 saturated heterocycles. The van der Waals surface area contributed by atoms with Gasteiger partial charge in [0.15, 0.2) is 0 Å². The van der Waals surface area contributed by atoms with E-state index in [0.717, 1.165) is 23.0 Å². The van der Waals surface area contributed by atoms with Gasteiger partial charge >= 0.3 is 93.3 Å². The van der Waals surface area contributed by atoms with Gasteiger partial charge < -0.3 is 0 Å². The Balaban J connectivity index is 2.51. The molecule has 0 aliphatic carbocycles. The molecule has 1 aromatic rings. The predicted octanol–water partition coefficient (Wildman–Crippen LogP) is 1.71. The second kappa shape index (κ2) is 6.57. The molecule has 0 spiro atoms. The van der Waals surface area contributed by atoms with Gasteiger partial charge in [-0.3, -0.25) is 0 Å². The molecule has 0 amide bonds. The van der Waals surface area contributed by atoms with Crippen LogP contribution in [-0.2, 0) is 15.9 Å². The van der Waals surface area contributed by atoms with Crippen LogP contribution in [0.2, 0.25) is 0 Å². The molecule has 0 aliphatic heterocycles. The first-order valence-corrected chi connectivity index (χ1v) is 5.31. The Morgan fingerprint density at radius 3 is 2.71 bits per heavy atom. The van der Waals surface area contributed by atoms with E-state index in [-0.39, 0.29) is 0 Å². The molecule has 0 atom stereocenters. The molecule has 0 aromatic heterocycles. The quantitative estimate of drug-likeness (QED) is 0.769. The van der Waals surface area contributed by atoms with Crippen LogP contribution in [0, 0.1) is 11.8 Å². The van der Waals surface area contributed by atoms with Crippen molar-refractivity contribution >= 4 is 4.50 Å². The predicted molar refractivity (Wildman–Crippen MR) is 56.6 cm³/mol. The summed E-state index contributed by atoms with van der Waals surface area (Å²) in [5.41, 5.74) is 1.04. The molecule has 0 heterocycles. The second-order valence-electron chi connectivity index (χ2n) is 2.87. The van der Waals surface area contributed by atoms with Crippen molar-refractivity contribution in [3.63, 3.8) is 0 Å². The molecule has 1 aromatic carbocycles. The van der Waals surface area contributed by atoms with E-state index in [9.17, 15) is 0 Å². The van der Waals surface area contributed by atoms with Gasteiger partial charge in [-0.1, -0.05) is 0 Å². The summed E-state index contributed by atoms with van der Waals surface area (Å²) in [6, 6.07) is 9.97. The summed E-state index contributed by atoms with van der Waals surface area (Å²) in [4.78, 5) is 0. The Kier molecular flexibility index (Phi) is 5.27. The first-order valence-electron chi connectivity index (χ1n) is 4.68. The zero-order valence-corrected chi connectivity index (χ0v) is 9.48. The third-order valence-electron chi connectivity index (χ3n) is 1.63. The van der Waals surface area contributed by atoms with E-state index in [1.54, 1.807) is 0 Å². The molecular weight excluding hydrogens is 210 g/mol. The minimum absolute atomic E-state index is 0.913. The molecule has 0 bridgehead atoms. The van der Waals surface area contributed by atoms with E-state index in [2.05, 4.69) is 39.9 Å². The zero-order chi connectivity index (χ0) is 10.2. The average molecular weight is 223 g/mol. The van der Waals surface area contributed by atoms with E-state index < -0.39 is 0 Å². The number of nitrogens with one attached hydrogen (secondary N) is 1. The maximum absolute atomic E-state index is 3.19. The van der Waals surface area contributed by atoms with Crippen molar-refractivity contribution in [1.29, 1.82) is 0 Å². The van der Waals surface area contributed by atoms with E-state index in [0.29, 0.717) is 0 Å². The molecule has 14 heavy (non-hydrogen) atoms. The molecule has 0 radical (unpaired) electrons. The van der Waals surface area contributed by atoms with Crippen LogP contribution in [0.15, 0.2) is 30.3 Å². The SMILES string of the molecule is CCCN[C](=[Cr])C#Cc1ccccc1. The van der Waals surface area contributed by atoms with E-state index in [1.807, 2.05) is 30.3 Å². The van der Waals surface area contributed by atoms with Crippen LogP contribution >= 0.6 is 0 Å². The fourth-order valence-electron chi connectivity index (χ4n) is 0.933. The molecule has 1 rings (SSSR count). The Morgan fingerprint density at radius 2 is 2.07 bits per heavy atom. The molecular formula is C12H13CrN. The van der Waals surface area contributed by atoms with Crippen LogP contribution in [0.3, 0.4) is 0 Å². The summed E-state index contributed by atoms with van der Waals surface area (Å²) >= 11 is 2.91. The number of benzene rings is 1. The Morgan fingerprint density at radius 1 is 1.36 bits per heavy atom. The van der Waals surface area contributed by atoms with Gasteiger partial charge in [-0.25, -0.2) is 0 Å². The molecule has 0 saturated carbocycles. The average Bonchev–Trinajstić information content (AvgIpc) is 2.25. The van der Waals surface area contributed by atoms with E-state index in [4.69, 9.17) is 0 Å². The van der Waals surface area contributed by atoms with Gasteiger partial charge in [0.1, 0.15) is 0 Å². The van der Waals surface area contributed by atoms with Gasteiger partial charge in [0.05, 0.1) is 0 Å². The normalized spacial score (nSPS) is 8.93. The molecule has 2 heteroatoms. The second-order valence-corrected chi connectivity index (χ2v) is 3.51. The first-order chi connectivity index (χ1) is 6.83. The van der Waals surface area contributed by atoms with Crippen molar-refractivity contribution in [1.82, 2.24) is 5.32 Å². The van der Waals surface area contributed by atoms with Crippen LogP contribution in [0.4, 0.5) is 0 Å². The topological polar surface area (TPSA) is 12.0 Å². The van der Waals surface area contributed by atoms with Crippen molar-refractivity contribution < 1.29 is 15.9 Å². The van der Waals surface area contributed by atoms with Gasteiger partial charge in [-0.05, 0) is 0 Å². The number of hydrogen-bond acceptors (Lipinski definition) is 1. The standard InChI is InChI=1S/C12H13N.Cr/c1-2-10-13-11-6-9-12-7-4-3-5-8-12;/h3-5,7-8,13H,2,10H2,1H3;. The Bertz CT molecular complexity index is 346. The van der Waals surface area contributed by atoms with Gasteiger partial charge in [-0.15, -0.1) is 0 Å². The van der Waals surface area contributed by atoms with Crippen LogP contribution in [0.25, 0.3) is 0 Å². The van der Waals surface area contributed by atoms with Crippen molar-refractivity contribution in [3.8, 4) is 11.8 Å². The van der Waals surface area contributed by atoms with Crippen LogP contribution in [-0.4, -0.2) is 11.0 Å². The van der Waals surface area contributed by atoms with Crippen LogP contribution in [0.5, 0.6) is 0 Å². The van der Waals surface area contributed by atoms with E-state index >= 15 is 0 Å². The monoisotopic (exact) mass is 223 g/mol. The fourth-order valence-corrected chi connectivity index (χ4v) is 1.17. The Labute approximate surface area is 93.5 Å². The summed E-state index contributed by atoms with van der Waals surface area (Å²) in [7, 11) is 0. The molecule has 0 unspecified atom stereocenters. The third-order valence-corrected chi connectivity index (χ3v) is 2.01. The minimum atomic E-state index is 0.913. The molecule has 1 nitrogen and oxygen atoms in total. The van der Waals surface area contributed by atoms with Crippen LogP contribution in [0.1, 0.15) is 18.9 Å². The van der Waals surface area contributed by atoms with Gasteiger partial charge in [0, 0.05) is 0 Å². The van der Waals surface area contributed by atoms with Crippen molar-refractivity contribution in [2.24, 2.45) is 0 Å². The van der Waals surface area contributed by atoms with Crippen molar-refractivity contribution in [2.45, 2.75) is 13.3 Å². The van der Waals surface area contributed by atoms with Crippen molar-refractivity contribution in [2.75, 3.05) is 6.54 Å². The summed E-state index contributed by atoms with van der Waals surface area (Å²) in [6.45, 7) is 3.09. The fraction of sp³-hybridized carbons (Fsp3) is 0.250. The molecule has 1 N–H and O–H groups in total. The third kappa shape index (κ3) is 4.40. The van der Waals surface area contributed by atoms with Crippen LogP contribution < -0.4 is 5.32 Å². The summed E-state index contributed by atoms with van der Waals surface area (Å²) in [5.74, 6) is 6.11. The molecule has 0 fully saturated rings. The number of hydrogen-bond donors (Lipinski definition) is 1. The number of rotatable bonds is 3. The first kappa shape index (κ1) is 11.2.